The van der Waals surface area contributed by atoms with Gasteiger partial charge in [-0.25, -0.2) is 4.79 Å². The zero-order valence-corrected chi connectivity index (χ0v) is 21.1. The molecule has 1 aliphatic carbocycles. The van der Waals surface area contributed by atoms with Crippen LogP contribution in [-0.2, 0) is 23.9 Å². The standard InChI is InChI=1S/C27H29NO6S/c1-5-33-26(30)21-15(3)28-19-14-18(16-9-11-17(32-4)12-10-16)22(27(31)34-6-2)25(29)23(19)24(21)20-8-7-13-35-20/h7-13,18,22,24,28H,5-6,14H2,1-4H3/t18-,22-,24-/m1/s1. The molecule has 0 radical (unpaired) electrons. The molecular formula is C27H29NO6S. The number of hydrogen-bond donors (Lipinski definition) is 1. The molecule has 2 heterocycles. The predicted molar refractivity (Wildman–Crippen MR) is 132 cm³/mol. The molecule has 0 saturated heterocycles. The summed E-state index contributed by atoms with van der Waals surface area (Å²) >= 11 is 1.46. The number of rotatable bonds is 7. The quantitative estimate of drug-likeness (QED) is 0.448. The van der Waals surface area contributed by atoms with Crippen LogP contribution in [0.4, 0.5) is 0 Å². The maximum Gasteiger partial charge on any atom is 0.336 e. The second-order valence-corrected chi connectivity index (χ2v) is 9.38. The second-order valence-electron chi connectivity index (χ2n) is 8.40. The number of carbonyl (C=O) groups is 3. The van der Waals surface area contributed by atoms with Gasteiger partial charge in [0.15, 0.2) is 5.78 Å². The van der Waals surface area contributed by atoms with Gasteiger partial charge in [0.25, 0.3) is 0 Å². The van der Waals surface area contributed by atoms with Crippen molar-refractivity contribution in [3.63, 3.8) is 0 Å². The third kappa shape index (κ3) is 4.62. The molecule has 1 aliphatic heterocycles. The van der Waals surface area contributed by atoms with Gasteiger partial charge >= 0.3 is 11.9 Å². The van der Waals surface area contributed by atoms with Gasteiger partial charge in [-0.3, -0.25) is 9.59 Å². The van der Waals surface area contributed by atoms with Crippen molar-refractivity contribution in [1.29, 1.82) is 0 Å². The Kier molecular flexibility index (Phi) is 7.40. The van der Waals surface area contributed by atoms with Crippen molar-refractivity contribution in [3.8, 4) is 5.75 Å². The molecule has 0 fully saturated rings. The van der Waals surface area contributed by atoms with Gasteiger partial charge in [-0.15, -0.1) is 11.3 Å². The van der Waals surface area contributed by atoms with E-state index in [1.165, 1.54) is 11.3 Å². The van der Waals surface area contributed by atoms with Crippen molar-refractivity contribution in [2.45, 2.75) is 39.0 Å². The summed E-state index contributed by atoms with van der Waals surface area (Å²) < 4.78 is 16.0. The number of benzene rings is 1. The molecule has 0 bridgehead atoms. The Labute approximate surface area is 208 Å². The van der Waals surface area contributed by atoms with E-state index in [2.05, 4.69) is 5.32 Å². The Morgan fingerprint density at radius 2 is 1.80 bits per heavy atom. The molecule has 7 nitrogen and oxygen atoms in total. The molecule has 1 aromatic heterocycles. The van der Waals surface area contributed by atoms with Gasteiger partial charge in [0, 0.05) is 27.8 Å². The molecule has 0 spiro atoms. The molecular weight excluding hydrogens is 466 g/mol. The highest BCUT2D eigenvalue weighted by molar-refractivity contribution is 7.10. The molecule has 0 amide bonds. The Morgan fingerprint density at radius 3 is 2.40 bits per heavy atom. The largest absolute Gasteiger partial charge is 0.497 e. The Hall–Kier alpha value is -3.39. The number of esters is 2. The minimum absolute atomic E-state index is 0.170. The summed E-state index contributed by atoms with van der Waals surface area (Å²) in [6.07, 6.45) is 0.423. The molecule has 2 aromatic rings. The number of nitrogens with one attached hydrogen (secondary N) is 1. The second kappa shape index (κ2) is 10.5. The lowest BCUT2D eigenvalue weighted by Gasteiger charge is -2.39. The maximum atomic E-state index is 14.1. The summed E-state index contributed by atoms with van der Waals surface area (Å²) in [6.45, 7) is 5.68. The summed E-state index contributed by atoms with van der Waals surface area (Å²) in [6, 6.07) is 11.2. The number of thiophene rings is 1. The maximum absolute atomic E-state index is 14.1. The monoisotopic (exact) mass is 495 g/mol. The lowest BCUT2D eigenvalue weighted by atomic mass is 9.68. The van der Waals surface area contributed by atoms with Gasteiger partial charge in [0.1, 0.15) is 11.7 Å². The molecule has 3 atom stereocenters. The van der Waals surface area contributed by atoms with E-state index in [4.69, 9.17) is 14.2 Å². The first-order valence-electron chi connectivity index (χ1n) is 11.7. The number of ketones is 1. The van der Waals surface area contributed by atoms with E-state index >= 15 is 0 Å². The Morgan fingerprint density at radius 1 is 1.09 bits per heavy atom. The fourth-order valence-corrected chi connectivity index (χ4v) is 5.76. The van der Waals surface area contributed by atoms with Crippen molar-refractivity contribution in [3.05, 3.63) is 74.8 Å². The van der Waals surface area contributed by atoms with E-state index in [0.29, 0.717) is 29.0 Å². The van der Waals surface area contributed by atoms with Crippen LogP contribution >= 0.6 is 11.3 Å². The van der Waals surface area contributed by atoms with E-state index in [1.807, 2.05) is 48.7 Å². The van der Waals surface area contributed by atoms with Crippen molar-refractivity contribution in [2.75, 3.05) is 20.3 Å². The number of Topliss-reactive ketones (excluding diaryl/α,β-unsaturated/α-hetero) is 1. The number of methoxy groups -OCH3 is 1. The summed E-state index contributed by atoms with van der Waals surface area (Å²) in [7, 11) is 1.59. The zero-order valence-electron chi connectivity index (χ0n) is 20.3. The topological polar surface area (TPSA) is 90.9 Å². The highest BCUT2D eigenvalue weighted by atomic mass is 32.1. The normalized spacial score (nSPS) is 21.8. The van der Waals surface area contributed by atoms with Crippen molar-refractivity contribution in [2.24, 2.45) is 5.92 Å². The van der Waals surface area contributed by atoms with Crippen LogP contribution in [0, 0.1) is 5.92 Å². The van der Waals surface area contributed by atoms with Gasteiger partial charge in [-0.2, -0.15) is 0 Å². The highest BCUT2D eigenvalue weighted by Gasteiger charge is 2.49. The molecule has 1 N–H and O–H groups in total. The van der Waals surface area contributed by atoms with Crippen LogP contribution in [0.3, 0.4) is 0 Å². The van der Waals surface area contributed by atoms with Crippen LogP contribution < -0.4 is 10.1 Å². The average Bonchev–Trinajstić information content (AvgIpc) is 3.38. The number of carbonyl (C=O) groups excluding carboxylic acids is 3. The third-order valence-corrected chi connectivity index (χ3v) is 7.36. The summed E-state index contributed by atoms with van der Waals surface area (Å²) in [4.78, 5) is 41.1. The summed E-state index contributed by atoms with van der Waals surface area (Å²) in [5.41, 5.74) is 3.05. The Balaban J connectivity index is 1.85. The van der Waals surface area contributed by atoms with Crippen LogP contribution in [0.1, 0.15) is 49.5 Å². The van der Waals surface area contributed by atoms with Gasteiger partial charge < -0.3 is 19.5 Å². The summed E-state index contributed by atoms with van der Waals surface area (Å²) in [5.74, 6) is -2.71. The van der Waals surface area contributed by atoms with Gasteiger partial charge in [-0.1, -0.05) is 18.2 Å². The van der Waals surface area contributed by atoms with Gasteiger partial charge in [0.2, 0.25) is 0 Å². The number of dihydropyridines is 1. The molecule has 35 heavy (non-hydrogen) atoms. The minimum Gasteiger partial charge on any atom is -0.497 e. The molecule has 0 unspecified atom stereocenters. The number of allylic oxidation sites excluding steroid dienone is 3. The van der Waals surface area contributed by atoms with Gasteiger partial charge in [-0.05, 0) is 56.3 Å². The molecule has 2 aliphatic rings. The van der Waals surface area contributed by atoms with Crippen molar-refractivity contribution in [1.82, 2.24) is 5.32 Å². The average molecular weight is 496 g/mol. The van der Waals surface area contributed by atoms with E-state index in [9.17, 15) is 14.4 Å². The number of hydrogen-bond acceptors (Lipinski definition) is 8. The van der Waals surface area contributed by atoms with E-state index < -0.39 is 29.7 Å². The van der Waals surface area contributed by atoms with Crippen LogP contribution in [-0.4, -0.2) is 38.0 Å². The summed E-state index contributed by atoms with van der Waals surface area (Å²) in [5, 5.41) is 5.22. The van der Waals surface area contributed by atoms with Crippen molar-refractivity contribution >= 4 is 29.1 Å². The van der Waals surface area contributed by atoms with Crippen LogP contribution in [0.2, 0.25) is 0 Å². The third-order valence-electron chi connectivity index (χ3n) is 6.43. The first-order chi connectivity index (χ1) is 16.9. The lowest BCUT2D eigenvalue weighted by Crippen LogP contribution is -2.43. The molecule has 8 heteroatoms. The highest BCUT2D eigenvalue weighted by Crippen LogP contribution is 2.49. The minimum atomic E-state index is -1.02. The van der Waals surface area contributed by atoms with Crippen molar-refractivity contribution < 1.29 is 28.6 Å². The van der Waals surface area contributed by atoms with Gasteiger partial charge in [0.05, 0.1) is 31.8 Å². The van der Waals surface area contributed by atoms with Crippen LogP contribution in [0.25, 0.3) is 0 Å². The molecule has 1 aromatic carbocycles. The lowest BCUT2D eigenvalue weighted by molar-refractivity contribution is -0.152. The predicted octanol–water partition coefficient (Wildman–Crippen LogP) is 4.47. The van der Waals surface area contributed by atoms with Crippen LogP contribution in [0.5, 0.6) is 5.75 Å². The molecule has 4 rings (SSSR count). The molecule has 0 saturated carbocycles. The zero-order chi connectivity index (χ0) is 25.1. The van der Waals surface area contributed by atoms with E-state index in [0.717, 1.165) is 16.1 Å². The van der Waals surface area contributed by atoms with E-state index in [1.54, 1.807) is 21.0 Å². The first kappa shape index (κ1) is 24.7. The first-order valence-corrected chi connectivity index (χ1v) is 12.5. The van der Waals surface area contributed by atoms with Crippen LogP contribution in [0.15, 0.2) is 64.3 Å². The fourth-order valence-electron chi connectivity index (χ4n) is 4.92. The molecule has 184 valence electrons. The SMILES string of the molecule is CCOC(=O)C1=C(C)NC2=C(C(=O)[C@H](C(=O)OCC)[C@@H](c3ccc(OC)cc3)C2)[C@@H]1c1cccs1. The van der Waals surface area contributed by atoms with E-state index in [-0.39, 0.29) is 19.0 Å². The number of ether oxygens (including phenoxy) is 3. The fraction of sp³-hybridized carbons (Fsp3) is 0.370. The Bertz CT molecular complexity index is 1180. The smallest absolute Gasteiger partial charge is 0.336 e.